The maximum absolute atomic E-state index is 12.2. The lowest BCUT2D eigenvalue weighted by atomic mass is 10.1. The lowest BCUT2D eigenvalue weighted by Gasteiger charge is -2.14. The van der Waals surface area contributed by atoms with Gasteiger partial charge in [0.2, 0.25) is 11.8 Å². The second-order valence-electron chi connectivity index (χ2n) is 6.92. The largest absolute Gasteiger partial charge is 0.376 e. The highest BCUT2D eigenvalue weighted by atomic mass is 32.2. The van der Waals surface area contributed by atoms with E-state index in [0.29, 0.717) is 5.88 Å². The average Bonchev–Trinajstić information content (AvgIpc) is 3.31. The summed E-state index contributed by atoms with van der Waals surface area (Å²) in [6.45, 7) is 9.72. The van der Waals surface area contributed by atoms with Crippen LogP contribution in [0.5, 0.6) is 0 Å². The van der Waals surface area contributed by atoms with E-state index >= 15 is 0 Å². The highest BCUT2D eigenvalue weighted by Gasteiger charge is 2.21. The molecule has 1 amide bonds. The summed E-state index contributed by atoms with van der Waals surface area (Å²) < 4.78 is 13.1. The van der Waals surface area contributed by atoms with Crippen LogP contribution in [-0.2, 0) is 16.1 Å². The number of anilines is 1. The van der Waals surface area contributed by atoms with Crippen LogP contribution in [0, 0.1) is 13.8 Å². The maximum atomic E-state index is 12.2. The first-order valence-electron chi connectivity index (χ1n) is 8.98. The van der Waals surface area contributed by atoms with Gasteiger partial charge in [-0.15, -0.1) is 0 Å². The summed E-state index contributed by atoms with van der Waals surface area (Å²) in [5.74, 6) is 0.770. The molecule has 0 spiro atoms. The molecule has 3 heterocycles. The highest BCUT2D eigenvalue weighted by molar-refractivity contribution is 7.99. The molecule has 0 radical (unpaired) electrons. The van der Waals surface area contributed by atoms with Gasteiger partial charge in [-0.1, -0.05) is 30.8 Å². The standard InChI is InChI=1S/C18H26N4O3S/c1-11(2)15-8-17(25-21-15)20-16(23)10-26-18-19-12(3)13(4)22(18)9-14-6-5-7-24-14/h8,11,14H,5-7,9-10H2,1-4H3,(H,20,23)/t14-/m1/s1. The molecular formula is C18H26N4O3S. The van der Waals surface area contributed by atoms with Crippen molar-refractivity contribution in [2.45, 2.75) is 64.3 Å². The van der Waals surface area contributed by atoms with Crippen LogP contribution in [0.2, 0.25) is 0 Å². The zero-order valence-electron chi connectivity index (χ0n) is 15.7. The van der Waals surface area contributed by atoms with Crippen molar-refractivity contribution >= 4 is 23.6 Å². The first kappa shape index (κ1) is 19.0. The van der Waals surface area contributed by atoms with Gasteiger partial charge in [-0.3, -0.25) is 10.1 Å². The van der Waals surface area contributed by atoms with Crippen molar-refractivity contribution in [1.82, 2.24) is 14.7 Å². The number of imidazole rings is 1. The van der Waals surface area contributed by atoms with Crippen LogP contribution in [0.4, 0.5) is 5.88 Å². The first-order valence-corrected chi connectivity index (χ1v) is 9.97. The van der Waals surface area contributed by atoms with Crippen molar-refractivity contribution in [3.8, 4) is 0 Å². The van der Waals surface area contributed by atoms with Gasteiger partial charge in [-0.2, -0.15) is 0 Å². The van der Waals surface area contributed by atoms with E-state index in [0.717, 1.165) is 48.2 Å². The summed E-state index contributed by atoms with van der Waals surface area (Å²) >= 11 is 1.43. The summed E-state index contributed by atoms with van der Waals surface area (Å²) in [4.78, 5) is 16.8. The number of aryl methyl sites for hydroxylation is 1. The van der Waals surface area contributed by atoms with Crippen LogP contribution in [0.1, 0.15) is 49.7 Å². The molecular weight excluding hydrogens is 352 g/mol. The molecule has 2 aromatic heterocycles. The molecule has 7 nitrogen and oxygen atoms in total. The lowest BCUT2D eigenvalue weighted by molar-refractivity contribution is -0.113. The molecule has 142 valence electrons. The number of amides is 1. The van der Waals surface area contributed by atoms with Crippen molar-refractivity contribution < 1.29 is 14.1 Å². The molecule has 1 fully saturated rings. The molecule has 1 aliphatic heterocycles. The van der Waals surface area contributed by atoms with E-state index < -0.39 is 0 Å². The number of carbonyl (C=O) groups excluding carboxylic acids is 1. The molecule has 0 bridgehead atoms. The van der Waals surface area contributed by atoms with Gasteiger partial charge in [0.15, 0.2) is 5.16 Å². The zero-order valence-corrected chi connectivity index (χ0v) is 16.6. The molecule has 0 aliphatic carbocycles. The number of ether oxygens (including phenoxy) is 1. The Morgan fingerprint density at radius 2 is 2.27 bits per heavy atom. The summed E-state index contributed by atoms with van der Waals surface area (Å²) in [6.07, 6.45) is 2.42. The Morgan fingerprint density at radius 1 is 1.46 bits per heavy atom. The predicted molar refractivity (Wildman–Crippen MR) is 101 cm³/mol. The SMILES string of the molecule is Cc1nc(SCC(=O)Nc2cc(C(C)C)no2)n(C[C@H]2CCCO2)c1C. The smallest absolute Gasteiger partial charge is 0.237 e. The molecule has 1 atom stereocenters. The maximum Gasteiger partial charge on any atom is 0.237 e. The third-order valence-electron chi connectivity index (χ3n) is 4.55. The number of rotatable bonds is 7. The van der Waals surface area contributed by atoms with Gasteiger partial charge in [0, 0.05) is 18.4 Å². The molecule has 0 unspecified atom stereocenters. The van der Waals surface area contributed by atoms with Crippen LogP contribution >= 0.6 is 11.8 Å². The molecule has 1 aliphatic rings. The van der Waals surface area contributed by atoms with E-state index in [9.17, 15) is 4.79 Å². The second-order valence-corrected chi connectivity index (χ2v) is 7.86. The Balaban J connectivity index is 1.59. The van der Waals surface area contributed by atoms with Crippen LogP contribution in [0.25, 0.3) is 0 Å². The lowest BCUT2D eigenvalue weighted by Crippen LogP contribution is -2.18. The van der Waals surface area contributed by atoms with Gasteiger partial charge in [-0.25, -0.2) is 4.98 Å². The van der Waals surface area contributed by atoms with Crippen molar-refractivity contribution in [1.29, 1.82) is 0 Å². The first-order chi connectivity index (χ1) is 12.4. The van der Waals surface area contributed by atoms with Gasteiger partial charge in [0.1, 0.15) is 0 Å². The van der Waals surface area contributed by atoms with E-state index in [-0.39, 0.29) is 23.7 Å². The number of nitrogens with zero attached hydrogens (tertiary/aromatic N) is 3. The van der Waals surface area contributed by atoms with Crippen molar-refractivity contribution in [3.63, 3.8) is 0 Å². The number of nitrogens with one attached hydrogen (secondary N) is 1. The molecule has 26 heavy (non-hydrogen) atoms. The van der Waals surface area contributed by atoms with Crippen molar-refractivity contribution in [3.05, 3.63) is 23.1 Å². The number of thioether (sulfide) groups is 1. The van der Waals surface area contributed by atoms with E-state index in [1.807, 2.05) is 20.8 Å². The van der Waals surface area contributed by atoms with Gasteiger partial charge < -0.3 is 13.8 Å². The molecule has 2 aromatic rings. The third-order valence-corrected chi connectivity index (χ3v) is 5.52. The molecule has 0 saturated carbocycles. The number of aromatic nitrogens is 3. The summed E-state index contributed by atoms with van der Waals surface area (Å²) in [6, 6.07) is 1.76. The Bertz CT molecular complexity index is 763. The van der Waals surface area contributed by atoms with E-state index in [4.69, 9.17) is 9.26 Å². The van der Waals surface area contributed by atoms with Gasteiger partial charge >= 0.3 is 0 Å². The predicted octanol–water partition coefficient (Wildman–Crippen LogP) is 3.52. The Kier molecular flexibility index (Phi) is 6.03. The Hall–Kier alpha value is -1.80. The fourth-order valence-electron chi connectivity index (χ4n) is 2.86. The Labute approximate surface area is 157 Å². The quantitative estimate of drug-likeness (QED) is 0.742. The van der Waals surface area contributed by atoms with Crippen LogP contribution in [0.15, 0.2) is 15.7 Å². The zero-order chi connectivity index (χ0) is 18.7. The normalized spacial score (nSPS) is 17.2. The minimum absolute atomic E-state index is 0.136. The van der Waals surface area contributed by atoms with E-state index in [2.05, 4.69) is 26.9 Å². The van der Waals surface area contributed by atoms with Crippen molar-refractivity contribution in [2.75, 3.05) is 17.7 Å². The molecule has 0 aromatic carbocycles. The highest BCUT2D eigenvalue weighted by Crippen LogP contribution is 2.25. The number of carbonyl (C=O) groups is 1. The molecule has 3 rings (SSSR count). The molecule has 1 N–H and O–H groups in total. The van der Waals surface area contributed by atoms with E-state index in [1.165, 1.54) is 11.8 Å². The fourth-order valence-corrected chi connectivity index (χ4v) is 3.77. The molecule has 8 heteroatoms. The van der Waals surface area contributed by atoms with E-state index in [1.54, 1.807) is 6.07 Å². The fraction of sp³-hybridized carbons (Fsp3) is 0.611. The van der Waals surface area contributed by atoms with Crippen LogP contribution in [-0.4, -0.2) is 39.1 Å². The summed E-state index contributed by atoms with van der Waals surface area (Å²) in [7, 11) is 0. The van der Waals surface area contributed by atoms with Crippen LogP contribution < -0.4 is 5.32 Å². The summed E-state index contributed by atoms with van der Waals surface area (Å²) in [5, 5.41) is 7.55. The minimum atomic E-state index is -0.136. The average molecular weight is 378 g/mol. The molecule has 1 saturated heterocycles. The van der Waals surface area contributed by atoms with Crippen molar-refractivity contribution in [2.24, 2.45) is 0 Å². The second kappa shape index (κ2) is 8.26. The van der Waals surface area contributed by atoms with Gasteiger partial charge in [-0.05, 0) is 32.6 Å². The summed E-state index contributed by atoms with van der Waals surface area (Å²) in [5.41, 5.74) is 2.94. The topological polar surface area (TPSA) is 82.2 Å². The van der Waals surface area contributed by atoms with Gasteiger partial charge in [0.05, 0.1) is 29.8 Å². The minimum Gasteiger partial charge on any atom is -0.376 e. The third kappa shape index (κ3) is 4.48. The Morgan fingerprint density at radius 3 is 2.92 bits per heavy atom. The number of hydrogen-bond donors (Lipinski definition) is 1. The number of hydrogen-bond acceptors (Lipinski definition) is 6. The van der Waals surface area contributed by atoms with Gasteiger partial charge in [0.25, 0.3) is 0 Å². The monoisotopic (exact) mass is 378 g/mol. The van der Waals surface area contributed by atoms with Crippen LogP contribution in [0.3, 0.4) is 0 Å².